The first-order chi connectivity index (χ1) is 8.31. The molecule has 1 aromatic rings. The van der Waals surface area contributed by atoms with Gasteiger partial charge in [0.25, 0.3) is 0 Å². The molecule has 0 aliphatic carbocycles. The van der Waals surface area contributed by atoms with Crippen LogP contribution in [-0.2, 0) is 16.6 Å². The molecular formula is C10H14N2O6. The lowest BCUT2D eigenvalue weighted by Gasteiger charge is -2.16. The largest absolute Gasteiger partial charge is 0.477 e. The van der Waals surface area contributed by atoms with Gasteiger partial charge in [0.15, 0.2) is 11.8 Å². The van der Waals surface area contributed by atoms with Crippen LogP contribution in [0.25, 0.3) is 0 Å². The van der Waals surface area contributed by atoms with E-state index in [1.807, 2.05) is 0 Å². The Morgan fingerprint density at radius 1 is 1.39 bits per heavy atom. The van der Waals surface area contributed by atoms with Crippen molar-refractivity contribution in [1.82, 2.24) is 9.78 Å². The number of nitrogens with zero attached hydrogens (tertiary/aromatic N) is 2. The number of aromatic carboxylic acids is 1. The molecule has 0 bridgehead atoms. The van der Waals surface area contributed by atoms with Gasteiger partial charge in [-0.25, -0.2) is 9.59 Å². The van der Waals surface area contributed by atoms with Crippen molar-refractivity contribution in [2.45, 2.75) is 19.1 Å². The molecule has 0 radical (unpaired) electrons. The smallest absolute Gasteiger partial charge is 0.354 e. The number of esters is 1. The molecule has 1 rings (SSSR count). The van der Waals surface area contributed by atoms with E-state index in [-0.39, 0.29) is 17.0 Å². The van der Waals surface area contributed by atoms with Crippen LogP contribution in [0.5, 0.6) is 0 Å². The monoisotopic (exact) mass is 258 g/mol. The minimum Gasteiger partial charge on any atom is -0.477 e. The fourth-order valence-electron chi connectivity index (χ4n) is 1.69. The van der Waals surface area contributed by atoms with E-state index < -0.39 is 24.1 Å². The van der Waals surface area contributed by atoms with E-state index in [9.17, 15) is 19.8 Å². The highest BCUT2D eigenvalue weighted by Crippen LogP contribution is 2.25. The van der Waals surface area contributed by atoms with Crippen molar-refractivity contribution in [1.29, 1.82) is 0 Å². The highest BCUT2D eigenvalue weighted by molar-refractivity contribution is 5.88. The third-order valence-electron chi connectivity index (χ3n) is 2.51. The van der Waals surface area contributed by atoms with Gasteiger partial charge in [0.05, 0.1) is 12.8 Å². The second kappa shape index (κ2) is 5.15. The third kappa shape index (κ3) is 2.34. The summed E-state index contributed by atoms with van der Waals surface area (Å²) >= 11 is 0. The van der Waals surface area contributed by atoms with Crippen molar-refractivity contribution >= 4 is 11.9 Å². The van der Waals surface area contributed by atoms with E-state index in [4.69, 9.17) is 5.11 Å². The Labute approximate surface area is 102 Å². The molecule has 0 saturated carbocycles. The maximum atomic E-state index is 11.1. The van der Waals surface area contributed by atoms with E-state index in [0.717, 1.165) is 11.8 Å². The Bertz CT molecular complexity index is 481. The molecule has 2 atom stereocenters. The molecule has 0 spiro atoms. The van der Waals surface area contributed by atoms with Crippen molar-refractivity contribution in [3.63, 3.8) is 0 Å². The predicted molar refractivity (Wildman–Crippen MR) is 57.9 cm³/mol. The Morgan fingerprint density at radius 2 is 1.94 bits per heavy atom. The summed E-state index contributed by atoms with van der Waals surface area (Å²) in [6.07, 6.45) is -3.58. The lowest BCUT2D eigenvalue weighted by molar-refractivity contribution is -0.156. The molecule has 0 fully saturated rings. The Balaban J connectivity index is 3.24. The van der Waals surface area contributed by atoms with Gasteiger partial charge < -0.3 is 20.1 Å². The third-order valence-corrected chi connectivity index (χ3v) is 2.51. The molecular weight excluding hydrogens is 244 g/mol. The molecule has 0 saturated heterocycles. The minimum absolute atomic E-state index is 0.108. The number of aliphatic hydroxyl groups is 2. The van der Waals surface area contributed by atoms with Crippen LogP contribution in [0, 0.1) is 6.92 Å². The van der Waals surface area contributed by atoms with Gasteiger partial charge in [-0.05, 0) is 6.92 Å². The zero-order chi connectivity index (χ0) is 14.0. The van der Waals surface area contributed by atoms with Crippen LogP contribution in [0.15, 0.2) is 0 Å². The van der Waals surface area contributed by atoms with Crippen molar-refractivity contribution in [2.75, 3.05) is 7.11 Å². The number of hydrogen-bond donors (Lipinski definition) is 3. The van der Waals surface area contributed by atoms with Crippen molar-refractivity contribution in [3.05, 3.63) is 17.0 Å². The number of carbonyl (C=O) groups excluding carboxylic acids is 1. The van der Waals surface area contributed by atoms with E-state index in [1.165, 1.54) is 14.0 Å². The van der Waals surface area contributed by atoms with E-state index in [0.29, 0.717) is 0 Å². The summed E-state index contributed by atoms with van der Waals surface area (Å²) in [5.41, 5.74) is -0.184. The van der Waals surface area contributed by atoms with Gasteiger partial charge in [-0.3, -0.25) is 4.68 Å². The standard InChI is InChI=1S/C10H14N2O6/c1-4-5(6(9(15)16)12(2)11-4)7(13)8(14)10(17)18-3/h7-8,13-14H,1-3H3,(H,15,16). The zero-order valence-corrected chi connectivity index (χ0v) is 10.1. The summed E-state index contributed by atoms with van der Waals surface area (Å²) in [6, 6.07) is 0. The molecule has 2 unspecified atom stereocenters. The fourth-order valence-corrected chi connectivity index (χ4v) is 1.69. The highest BCUT2D eigenvalue weighted by Gasteiger charge is 2.33. The molecule has 100 valence electrons. The SMILES string of the molecule is COC(=O)C(O)C(O)c1c(C)nn(C)c1C(=O)O. The quantitative estimate of drug-likeness (QED) is 0.591. The number of carboxylic acids is 1. The summed E-state index contributed by atoms with van der Waals surface area (Å²) < 4.78 is 5.33. The molecule has 18 heavy (non-hydrogen) atoms. The predicted octanol–water partition coefficient (Wildman–Crippen LogP) is -1.01. The molecule has 8 heteroatoms. The molecule has 1 aromatic heterocycles. The number of methoxy groups -OCH3 is 1. The Morgan fingerprint density at radius 3 is 2.39 bits per heavy atom. The first kappa shape index (κ1) is 14.1. The number of aliphatic hydroxyl groups excluding tert-OH is 2. The summed E-state index contributed by atoms with van der Waals surface area (Å²) in [6.45, 7) is 1.47. The maximum absolute atomic E-state index is 11.1. The number of rotatable bonds is 4. The lowest BCUT2D eigenvalue weighted by atomic mass is 10.0. The van der Waals surface area contributed by atoms with Crippen molar-refractivity contribution < 1.29 is 29.6 Å². The maximum Gasteiger partial charge on any atom is 0.354 e. The molecule has 0 aromatic carbocycles. The molecule has 0 amide bonds. The zero-order valence-electron chi connectivity index (χ0n) is 10.1. The second-order valence-corrected chi connectivity index (χ2v) is 3.69. The average molecular weight is 258 g/mol. The van der Waals surface area contributed by atoms with Crippen LogP contribution in [0.2, 0.25) is 0 Å². The summed E-state index contributed by atoms with van der Waals surface area (Å²) in [4.78, 5) is 22.2. The van der Waals surface area contributed by atoms with Crippen LogP contribution in [0.4, 0.5) is 0 Å². The number of aryl methyl sites for hydroxylation is 2. The number of ether oxygens (including phenoxy) is 1. The van der Waals surface area contributed by atoms with Gasteiger partial charge in [-0.2, -0.15) is 5.10 Å². The fraction of sp³-hybridized carbons (Fsp3) is 0.500. The van der Waals surface area contributed by atoms with Gasteiger partial charge >= 0.3 is 11.9 Å². The molecule has 1 heterocycles. The van der Waals surface area contributed by atoms with Crippen LogP contribution < -0.4 is 0 Å². The summed E-state index contributed by atoms with van der Waals surface area (Å²) in [5, 5.41) is 32.2. The number of carbonyl (C=O) groups is 2. The second-order valence-electron chi connectivity index (χ2n) is 3.69. The number of hydrogen-bond acceptors (Lipinski definition) is 6. The normalized spacial score (nSPS) is 14.1. The van der Waals surface area contributed by atoms with Gasteiger partial charge in [-0.1, -0.05) is 0 Å². The highest BCUT2D eigenvalue weighted by atomic mass is 16.5. The summed E-state index contributed by atoms with van der Waals surface area (Å²) in [7, 11) is 2.43. The van der Waals surface area contributed by atoms with E-state index >= 15 is 0 Å². The van der Waals surface area contributed by atoms with Crippen molar-refractivity contribution in [3.8, 4) is 0 Å². The average Bonchev–Trinajstić information content (AvgIpc) is 2.61. The van der Waals surface area contributed by atoms with Crippen LogP contribution >= 0.6 is 0 Å². The molecule has 0 aliphatic rings. The van der Waals surface area contributed by atoms with Crippen LogP contribution in [0.1, 0.15) is 27.8 Å². The minimum atomic E-state index is -1.86. The molecule has 3 N–H and O–H groups in total. The van der Waals surface area contributed by atoms with Gasteiger partial charge in [0, 0.05) is 12.6 Å². The van der Waals surface area contributed by atoms with Crippen molar-refractivity contribution in [2.24, 2.45) is 7.05 Å². The molecule has 0 aliphatic heterocycles. The topological polar surface area (TPSA) is 122 Å². The number of carboxylic acid groups (broad SMARTS) is 1. The van der Waals surface area contributed by atoms with Gasteiger partial charge in [0.1, 0.15) is 6.10 Å². The van der Waals surface area contributed by atoms with Crippen LogP contribution in [0.3, 0.4) is 0 Å². The first-order valence-electron chi connectivity index (χ1n) is 5.02. The Hall–Kier alpha value is -1.93. The van der Waals surface area contributed by atoms with Gasteiger partial charge in [0.2, 0.25) is 0 Å². The van der Waals surface area contributed by atoms with E-state index in [2.05, 4.69) is 9.84 Å². The van der Waals surface area contributed by atoms with Crippen LogP contribution in [-0.4, -0.2) is 50.3 Å². The van der Waals surface area contributed by atoms with Gasteiger partial charge in [-0.15, -0.1) is 0 Å². The Kier molecular flexibility index (Phi) is 4.04. The lowest BCUT2D eigenvalue weighted by Crippen LogP contribution is -2.30. The summed E-state index contributed by atoms with van der Waals surface area (Å²) in [5.74, 6) is -2.37. The van der Waals surface area contributed by atoms with E-state index in [1.54, 1.807) is 0 Å². The molecule has 8 nitrogen and oxygen atoms in total. The first-order valence-corrected chi connectivity index (χ1v) is 5.02. The number of aromatic nitrogens is 2.